The van der Waals surface area contributed by atoms with E-state index in [-0.39, 0.29) is 5.91 Å². The lowest BCUT2D eigenvalue weighted by molar-refractivity contribution is 0.0918. The molecule has 0 radical (unpaired) electrons. The fraction of sp³-hybridized carbons (Fsp3) is 0.400. The normalized spacial score (nSPS) is 19.9. The predicted octanol–water partition coefficient (Wildman–Crippen LogP) is 2.26. The fourth-order valence-electron chi connectivity index (χ4n) is 2.63. The van der Waals surface area contributed by atoms with Crippen molar-refractivity contribution in [3.05, 3.63) is 36.1 Å². The second-order valence-corrected chi connectivity index (χ2v) is 5.14. The van der Waals surface area contributed by atoms with E-state index in [0.717, 1.165) is 23.9 Å². The average Bonchev–Trinajstić information content (AvgIpc) is 3.01. The number of carbonyl (C=O) groups excluding carboxylic acids is 1. The van der Waals surface area contributed by atoms with E-state index in [9.17, 15) is 4.79 Å². The zero-order chi connectivity index (χ0) is 13.2. The summed E-state index contributed by atoms with van der Waals surface area (Å²) in [6, 6.07) is 9.90. The van der Waals surface area contributed by atoms with Crippen molar-refractivity contribution in [2.75, 3.05) is 20.1 Å². The molecule has 1 saturated heterocycles. The molecule has 1 aliphatic heterocycles. The number of amides is 1. The van der Waals surface area contributed by atoms with Crippen LogP contribution < -0.4 is 5.32 Å². The number of fused-ring (bicyclic) bond motifs is 1. The molecule has 19 heavy (non-hydrogen) atoms. The van der Waals surface area contributed by atoms with Crippen molar-refractivity contribution in [3.8, 4) is 0 Å². The molecule has 0 unspecified atom stereocenters. The van der Waals surface area contributed by atoms with Gasteiger partial charge in [0, 0.05) is 18.0 Å². The van der Waals surface area contributed by atoms with Crippen molar-refractivity contribution in [3.63, 3.8) is 0 Å². The number of rotatable bonds is 3. The lowest BCUT2D eigenvalue weighted by Crippen LogP contribution is -2.38. The fourth-order valence-corrected chi connectivity index (χ4v) is 2.63. The quantitative estimate of drug-likeness (QED) is 0.918. The summed E-state index contributed by atoms with van der Waals surface area (Å²) < 4.78 is 5.55. The maximum Gasteiger partial charge on any atom is 0.287 e. The number of hydrogen-bond donors (Lipinski definition) is 1. The molecule has 1 aliphatic rings. The molecule has 1 aromatic carbocycles. The summed E-state index contributed by atoms with van der Waals surface area (Å²) >= 11 is 0. The minimum Gasteiger partial charge on any atom is -0.451 e. The first-order valence-electron chi connectivity index (χ1n) is 6.71. The standard InChI is InChI=1S/C15H18N2O2/c1-17-8-4-6-12(17)10-16-15(18)14-9-11-5-2-3-7-13(11)19-14/h2-3,5,7,9,12H,4,6,8,10H2,1H3,(H,16,18)/t12-/m0/s1. The number of likely N-dealkylation sites (tertiary alicyclic amines) is 1. The first-order chi connectivity index (χ1) is 9.24. The van der Waals surface area contributed by atoms with Crippen LogP contribution in [0, 0.1) is 0 Å². The van der Waals surface area contributed by atoms with Crippen molar-refractivity contribution < 1.29 is 9.21 Å². The van der Waals surface area contributed by atoms with Gasteiger partial charge in [0.25, 0.3) is 5.91 Å². The summed E-state index contributed by atoms with van der Waals surface area (Å²) in [5.74, 6) is 0.262. The number of nitrogens with zero attached hydrogens (tertiary/aromatic N) is 1. The Labute approximate surface area is 112 Å². The minimum absolute atomic E-state index is 0.128. The first-order valence-corrected chi connectivity index (χ1v) is 6.71. The Morgan fingerprint density at radius 2 is 2.32 bits per heavy atom. The summed E-state index contributed by atoms with van der Waals surface area (Å²) in [4.78, 5) is 14.3. The van der Waals surface area contributed by atoms with Crippen LogP contribution in [-0.2, 0) is 0 Å². The lowest BCUT2D eigenvalue weighted by atomic mass is 10.2. The Balaban J connectivity index is 1.66. The monoisotopic (exact) mass is 258 g/mol. The average molecular weight is 258 g/mol. The topological polar surface area (TPSA) is 45.5 Å². The molecule has 100 valence electrons. The Hall–Kier alpha value is -1.81. The van der Waals surface area contributed by atoms with E-state index in [2.05, 4.69) is 17.3 Å². The third kappa shape index (κ3) is 2.49. The number of hydrogen-bond acceptors (Lipinski definition) is 3. The van der Waals surface area contributed by atoms with E-state index in [4.69, 9.17) is 4.42 Å². The molecule has 1 atom stereocenters. The Bertz CT molecular complexity index is 558. The SMILES string of the molecule is CN1CCC[C@H]1CNC(=O)c1cc2ccccc2o1. The Kier molecular flexibility index (Phi) is 3.25. The molecule has 0 aliphatic carbocycles. The number of benzene rings is 1. The van der Waals surface area contributed by atoms with E-state index < -0.39 is 0 Å². The first kappa shape index (κ1) is 12.2. The van der Waals surface area contributed by atoms with E-state index >= 15 is 0 Å². The van der Waals surface area contributed by atoms with E-state index in [0.29, 0.717) is 18.3 Å². The zero-order valence-corrected chi connectivity index (χ0v) is 11.1. The summed E-state index contributed by atoms with van der Waals surface area (Å²) in [7, 11) is 2.10. The third-order valence-electron chi connectivity index (χ3n) is 3.82. The van der Waals surface area contributed by atoms with Crippen LogP contribution in [0.1, 0.15) is 23.4 Å². The number of furan rings is 1. The van der Waals surface area contributed by atoms with Gasteiger partial charge in [0.2, 0.25) is 0 Å². The number of likely N-dealkylation sites (N-methyl/N-ethyl adjacent to an activating group) is 1. The molecule has 0 bridgehead atoms. The molecular formula is C15H18N2O2. The highest BCUT2D eigenvalue weighted by atomic mass is 16.3. The van der Waals surface area contributed by atoms with Crippen LogP contribution in [0.25, 0.3) is 11.0 Å². The minimum atomic E-state index is -0.128. The van der Waals surface area contributed by atoms with Gasteiger partial charge in [0.05, 0.1) is 0 Å². The smallest absolute Gasteiger partial charge is 0.287 e. The van der Waals surface area contributed by atoms with Crippen molar-refractivity contribution in [2.24, 2.45) is 0 Å². The van der Waals surface area contributed by atoms with Gasteiger partial charge in [-0.1, -0.05) is 18.2 Å². The molecule has 0 saturated carbocycles. The summed E-state index contributed by atoms with van der Waals surface area (Å²) in [6.07, 6.45) is 2.36. The zero-order valence-electron chi connectivity index (χ0n) is 11.1. The van der Waals surface area contributed by atoms with E-state index in [1.165, 1.54) is 6.42 Å². The number of carbonyl (C=O) groups is 1. The molecule has 4 heteroatoms. The van der Waals surface area contributed by atoms with E-state index in [1.807, 2.05) is 24.3 Å². The Morgan fingerprint density at radius 3 is 3.05 bits per heavy atom. The molecule has 2 heterocycles. The highest BCUT2D eigenvalue weighted by Crippen LogP contribution is 2.19. The van der Waals surface area contributed by atoms with Gasteiger partial charge in [-0.05, 0) is 38.6 Å². The second kappa shape index (κ2) is 5.05. The largest absolute Gasteiger partial charge is 0.451 e. The van der Waals surface area contributed by atoms with Crippen LogP contribution in [0.15, 0.2) is 34.7 Å². The highest BCUT2D eigenvalue weighted by Gasteiger charge is 2.22. The molecular weight excluding hydrogens is 240 g/mol. The van der Waals surface area contributed by atoms with Gasteiger partial charge < -0.3 is 14.6 Å². The second-order valence-electron chi connectivity index (χ2n) is 5.14. The van der Waals surface area contributed by atoms with Gasteiger partial charge >= 0.3 is 0 Å². The van der Waals surface area contributed by atoms with Crippen molar-refractivity contribution in [1.29, 1.82) is 0 Å². The number of nitrogens with one attached hydrogen (secondary N) is 1. The summed E-state index contributed by atoms with van der Waals surface area (Å²) in [5, 5.41) is 3.92. The van der Waals surface area contributed by atoms with Gasteiger partial charge in [-0.15, -0.1) is 0 Å². The van der Waals surface area contributed by atoms with Crippen LogP contribution in [0.5, 0.6) is 0 Å². The molecule has 1 amide bonds. The summed E-state index contributed by atoms with van der Waals surface area (Å²) in [5.41, 5.74) is 0.755. The van der Waals surface area contributed by atoms with Crippen LogP contribution in [0.4, 0.5) is 0 Å². The maximum atomic E-state index is 12.1. The van der Waals surface area contributed by atoms with Crippen LogP contribution in [0.3, 0.4) is 0 Å². The van der Waals surface area contributed by atoms with Crippen LogP contribution in [-0.4, -0.2) is 37.0 Å². The Morgan fingerprint density at radius 1 is 1.47 bits per heavy atom. The van der Waals surface area contributed by atoms with E-state index in [1.54, 1.807) is 6.07 Å². The molecule has 1 aromatic heterocycles. The van der Waals surface area contributed by atoms with Crippen LogP contribution in [0.2, 0.25) is 0 Å². The van der Waals surface area contributed by atoms with Crippen molar-refractivity contribution >= 4 is 16.9 Å². The van der Waals surface area contributed by atoms with Crippen molar-refractivity contribution in [1.82, 2.24) is 10.2 Å². The van der Waals surface area contributed by atoms with Gasteiger partial charge in [-0.2, -0.15) is 0 Å². The molecule has 3 rings (SSSR count). The van der Waals surface area contributed by atoms with Gasteiger partial charge in [-0.25, -0.2) is 0 Å². The van der Waals surface area contributed by atoms with Crippen molar-refractivity contribution in [2.45, 2.75) is 18.9 Å². The molecule has 1 fully saturated rings. The molecule has 0 spiro atoms. The van der Waals surface area contributed by atoms with Gasteiger partial charge in [0.1, 0.15) is 5.58 Å². The highest BCUT2D eigenvalue weighted by molar-refractivity contribution is 5.96. The predicted molar refractivity (Wildman–Crippen MR) is 74.2 cm³/mol. The maximum absolute atomic E-state index is 12.1. The van der Waals surface area contributed by atoms with Gasteiger partial charge in [0.15, 0.2) is 5.76 Å². The molecule has 4 nitrogen and oxygen atoms in total. The summed E-state index contributed by atoms with van der Waals surface area (Å²) in [6.45, 7) is 1.80. The van der Waals surface area contributed by atoms with Crippen LogP contribution >= 0.6 is 0 Å². The lowest BCUT2D eigenvalue weighted by Gasteiger charge is -2.19. The molecule has 2 aromatic rings. The molecule has 1 N–H and O–H groups in total. The van der Waals surface area contributed by atoms with Gasteiger partial charge in [-0.3, -0.25) is 4.79 Å². The third-order valence-corrected chi connectivity index (χ3v) is 3.82. The number of para-hydroxylation sites is 1.